The van der Waals surface area contributed by atoms with Gasteiger partial charge in [-0.15, -0.1) is 0 Å². The zero-order valence-corrected chi connectivity index (χ0v) is 14.7. The van der Waals surface area contributed by atoms with Gasteiger partial charge >= 0.3 is 5.97 Å². The number of esters is 1. The highest BCUT2D eigenvalue weighted by atomic mass is 79.9. The van der Waals surface area contributed by atoms with Gasteiger partial charge in [-0.25, -0.2) is 0 Å². The van der Waals surface area contributed by atoms with Gasteiger partial charge in [0.2, 0.25) is 0 Å². The van der Waals surface area contributed by atoms with E-state index in [0.717, 1.165) is 32.1 Å². The van der Waals surface area contributed by atoms with Crippen LogP contribution in [0.5, 0.6) is 0 Å². The van der Waals surface area contributed by atoms with Crippen molar-refractivity contribution < 1.29 is 14.3 Å². The topological polar surface area (TPSA) is 55.4 Å². The van der Waals surface area contributed by atoms with E-state index < -0.39 is 6.10 Å². The summed E-state index contributed by atoms with van der Waals surface area (Å²) in [6.07, 6.45) is 7.85. The smallest absolute Gasteiger partial charge is 0.312 e. The summed E-state index contributed by atoms with van der Waals surface area (Å²) in [7, 11) is 0. The number of hydrogen-bond donors (Lipinski definition) is 1. The first-order chi connectivity index (χ1) is 10.4. The van der Waals surface area contributed by atoms with Crippen molar-refractivity contribution in [1.29, 1.82) is 0 Å². The number of carbonyl (C=O) groups is 2. The fraction of sp³-hybridized carbons (Fsp3) is 0.882. The molecule has 122 valence electrons. The largest absolute Gasteiger partial charge is 0.452 e. The monoisotopic (exact) mass is 369 g/mol. The Labute approximate surface area is 139 Å². The van der Waals surface area contributed by atoms with Crippen LogP contribution in [0, 0.1) is 17.3 Å². The highest BCUT2D eigenvalue weighted by Gasteiger charge is 2.60. The molecule has 0 aromatic heterocycles. The van der Waals surface area contributed by atoms with Gasteiger partial charge in [0.05, 0.1) is 5.41 Å². The molecular formula is C17H24BrNO3. The summed E-state index contributed by atoms with van der Waals surface area (Å²) in [5.41, 5.74) is -0.346. The molecule has 5 aliphatic rings. The van der Waals surface area contributed by atoms with Crippen LogP contribution in [-0.2, 0) is 14.3 Å². The van der Waals surface area contributed by atoms with E-state index in [1.54, 1.807) is 6.92 Å². The number of amides is 1. The van der Waals surface area contributed by atoms with Gasteiger partial charge in [0.25, 0.3) is 5.91 Å². The summed E-state index contributed by atoms with van der Waals surface area (Å²) in [5, 5.41) is 2.91. The predicted octanol–water partition coefficient (Wildman–Crippen LogP) is 2.93. The minimum Gasteiger partial charge on any atom is -0.452 e. The number of ether oxygens (including phenoxy) is 1. The Hall–Kier alpha value is -0.580. The number of halogens is 1. The van der Waals surface area contributed by atoms with Crippen LogP contribution in [0.25, 0.3) is 0 Å². The van der Waals surface area contributed by atoms with Crippen molar-refractivity contribution in [3.63, 3.8) is 0 Å². The van der Waals surface area contributed by atoms with Crippen LogP contribution in [-0.4, -0.2) is 28.3 Å². The Morgan fingerprint density at radius 2 is 1.82 bits per heavy atom. The molecule has 5 fully saturated rings. The van der Waals surface area contributed by atoms with E-state index in [2.05, 4.69) is 21.2 Å². The van der Waals surface area contributed by atoms with Crippen LogP contribution in [0.3, 0.4) is 0 Å². The quantitative estimate of drug-likeness (QED) is 0.612. The van der Waals surface area contributed by atoms with E-state index >= 15 is 0 Å². The second kappa shape index (κ2) is 4.96. The highest BCUT2D eigenvalue weighted by Crippen LogP contribution is 2.64. The lowest BCUT2D eigenvalue weighted by atomic mass is 9.49. The van der Waals surface area contributed by atoms with Crippen LogP contribution in [0.15, 0.2) is 0 Å². The summed E-state index contributed by atoms with van der Waals surface area (Å²) < 4.78 is 5.73. The molecule has 5 rings (SSSR count). The first kappa shape index (κ1) is 15.0. The van der Waals surface area contributed by atoms with Crippen LogP contribution in [0.1, 0.15) is 58.3 Å². The zero-order chi connectivity index (χ0) is 15.5. The Morgan fingerprint density at radius 1 is 1.18 bits per heavy atom. The lowest BCUT2D eigenvalue weighted by Gasteiger charge is -2.58. The third kappa shape index (κ3) is 2.59. The number of rotatable bonds is 4. The maximum atomic E-state index is 12.8. The number of nitrogens with one attached hydrogen (secondary N) is 1. The van der Waals surface area contributed by atoms with Gasteiger partial charge in [0.15, 0.2) is 6.10 Å². The summed E-state index contributed by atoms with van der Waals surface area (Å²) in [6.45, 7) is 1.69. The molecule has 0 saturated heterocycles. The molecule has 3 atom stereocenters. The molecule has 4 bridgehead atoms. The van der Waals surface area contributed by atoms with Crippen LogP contribution < -0.4 is 5.32 Å². The van der Waals surface area contributed by atoms with Crippen molar-refractivity contribution in [2.45, 2.75) is 74.8 Å². The van der Waals surface area contributed by atoms with Crippen molar-refractivity contribution >= 4 is 27.8 Å². The predicted molar refractivity (Wildman–Crippen MR) is 85.5 cm³/mol. The summed E-state index contributed by atoms with van der Waals surface area (Å²) >= 11 is 3.91. The van der Waals surface area contributed by atoms with Crippen molar-refractivity contribution in [3.8, 4) is 0 Å². The standard InChI is InChI=1S/C17H24BrNO3/c1-10(14(20)19-13-2-3-13)22-15(21)16-5-11-4-12(6-16)8-17(18,7-11)9-16/h10-13H,2-9H2,1H3,(H,19,20). The molecule has 0 aliphatic heterocycles. The van der Waals surface area contributed by atoms with Gasteiger partial charge in [0, 0.05) is 10.4 Å². The molecular weight excluding hydrogens is 346 g/mol. The van der Waals surface area contributed by atoms with Gasteiger partial charge in [0.1, 0.15) is 0 Å². The van der Waals surface area contributed by atoms with Gasteiger partial charge < -0.3 is 10.1 Å². The lowest BCUT2D eigenvalue weighted by Crippen LogP contribution is -2.56. The van der Waals surface area contributed by atoms with Crippen molar-refractivity contribution in [2.24, 2.45) is 17.3 Å². The number of hydrogen-bond acceptors (Lipinski definition) is 3. The second-order valence-corrected chi connectivity index (χ2v) is 9.90. The average Bonchev–Trinajstić information content (AvgIpc) is 3.19. The van der Waals surface area contributed by atoms with E-state index in [9.17, 15) is 9.59 Å². The van der Waals surface area contributed by atoms with E-state index in [0.29, 0.717) is 17.9 Å². The Bertz CT molecular complexity index is 502. The molecule has 5 saturated carbocycles. The molecule has 5 heteroatoms. The Morgan fingerprint density at radius 3 is 2.36 bits per heavy atom. The Kier molecular flexibility index (Phi) is 3.37. The van der Waals surface area contributed by atoms with Gasteiger partial charge in [-0.1, -0.05) is 15.9 Å². The highest BCUT2D eigenvalue weighted by molar-refractivity contribution is 9.10. The van der Waals surface area contributed by atoms with Gasteiger partial charge in [-0.3, -0.25) is 9.59 Å². The lowest BCUT2D eigenvalue weighted by molar-refractivity contribution is -0.176. The molecule has 0 radical (unpaired) electrons. The molecule has 0 heterocycles. The first-order valence-corrected chi connectivity index (χ1v) is 9.37. The Balaban J connectivity index is 1.44. The summed E-state index contributed by atoms with van der Waals surface area (Å²) in [5.74, 6) is 1.01. The molecule has 4 nitrogen and oxygen atoms in total. The molecule has 3 unspecified atom stereocenters. The van der Waals surface area contributed by atoms with E-state index in [1.807, 2.05) is 0 Å². The van der Waals surface area contributed by atoms with Crippen molar-refractivity contribution in [2.75, 3.05) is 0 Å². The second-order valence-electron chi connectivity index (χ2n) is 8.22. The molecule has 1 N–H and O–H groups in total. The van der Waals surface area contributed by atoms with Crippen LogP contribution in [0.4, 0.5) is 0 Å². The third-order valence-electron chi connectivity index (χ3n) is 6.00. The normalized spacial score (nSPS) is 43.7. The third-order valence-corrected chi connectivity index (χ3v) is 6.93. The van der Waals surface area contributed by atoms with Gasteiger partial charge in [-0.05, 0) is 70.1 Å². The first-order valence-electron chi connectivity index (χ1n) is 8.58. The van der Waals surface area contributed by atoms with E-state index in [4.69, 9.17) is 4.74 Å². The SMILES string of the molecule is CC(OC(=O)C12CC3CC(CC(Br)(C3)C1)C2)C(=O)NC1CC1. The fourth-order valence-corrected chi connectivity index (χ4v) is 6.73. The number of alkyl halides is 1. The molecule has 0 spiro atoms. The molecule has 0 aromatic carbocycles. The number of carbonyl (C=O) groups excluding carboxylic acids is 2. The zero-order valence-electron chi connectivity index (χ0n) is 13.1. The summed E-state index contributed by atoms with van der Waals surface area (Å²) in [6, 6.07) is 0.305. The maximum Gasteiger partial charge on any atom is 0.312 e. The fourth-order valence-electron chi connectivity index (χ4n) is 5.27. The van der Waals surface area contributed by atoms with Gasteiger partial charge in [-0.2, -0.15) is 0 Å². The summed E-state index contributed by atoms with van der Waals surface area (Å²) in [4.78, 5) is 24.9. The molecule has 1 amide bonds. The van der Waals surface area contributed by atoms with E-state index in [1.165, 1.54) is 19.3 Å². The minimum absolute atomic E-state index is 0.135. The molecule has 0 aromatic rings. The van der Waals surface area contributed by atoms with Crippen LogP contribution >= 0.6 is 15.9 Å². The van der Waals surface area contributed by atoms with E-state index in [-0.39, 0.29) is 21.6 Å². The maximum absolute atomic E-state index is 12.8. The minimum atomic E-state index is -0.674. The molecule has 5 aliphatic carbocycles. The average molecular weight is 370 g/mol. The van der Waals surface area contributed by atoms with Crippen molar-refractivity contribution in [1.82, 2.24) is 5.32 Å². The van der Waals surface area contributed by atoms with Crippen LogP contribution in [0.2, 0.25) is 0 Å². The van der Waals surface area contributed by atoms with Crippen molar-refractivity contribution in [3.05, 3.63) is 0 Å². The molecule has 22 heavy (non-hydrogen) atoms.